The summed E-state index contributed by atoms with van der Waals surface area (Å²) in [5.41, 5.74) is 7.90. The number of aryl methyl sites for hydroxylation is 2. The molecule has 1 aromatic carbocycles. The number of rotatable bonds is 3. The maximum atomic E-state index is 12.3. The fourth-order valence-electron chi connectivity index (χ4n) is 1.80. The quantitative estimate of drug-likeness (QED) is 0.832. The number of nitrogens with one attached hydrogen (secondary N) is 1. The summed E-state index contributed by atoms with van der Waals surface area (Å²) in [6, 6.07) is 6.16. The van der Waals surface area contributed by atoms with Crippen molar-refractivity contribution < 1.29 is 8.42 Å². The van der Waals surface area contributed by atoms with Crippen LogP contribution in [-0.4, -0.2) is 18.2 Å². The fourth-order valence-corrected chi connectivity index (χ4v) is 3.03. The average molecular weight is 280 g/mol. The second kappa shape index (κ2) is 4.58. The van der Waals surface area contributed by atoms with Crippen LogP contribution >= 0.6 is 0 Å². The van der Waals surface area contributed by atoms with Crippen LogP contribution in [0, 0.1) is 13.8 Å². The molecule has 7 heteroatoms. The minimum Gasteiger partial charge on any atom is -0.399 e. The lowest BCUT2D eigenvalue weighted by Crippen LogP contribution is -2.14. The van der Waals surface area contributed by atoms with E-state index in [-0.39, 0.29) is 4.90 Å². The van der Waals surface area contributed by atoms with Gasteiger partial charge in [-0.3, -0.25) is 9.40 Å². The normalized spacial score (nSPS) is 11.5. The molecule has 2 aromatic rings. The molecule has 1 aromatic heterocycles. The number of sulfonamides is 1. The maximum Gasteiger partial charge on any atom is 0.262 e. The van der Waals surface area contributed by atoms with E-state index in [2.05, 4.69) is 9.82 Å². The minimum absolute atomic E-state index is 0.134. The Morgan fingerprint density at radius 3 is 2.53 bits per heavy atom. The van der Waals surface area contributed by atoms with E-state index in [4.69, 9.17) is 5.73 Å². The smallest absolute Gasteiger partial charge is 0.262 e. The highest BCUT2D eigenvalue weighted by Gasteiger charge is 2.19. The highest BCUT2D eigenvalue weighted by molar-refractivity contribution is 7.92. The second-order valence-corrected chi connectivity index (χ2v) is 6.03. The minimum atomic E-state index is -3.65. The van der Waals surface area contributed by atoms with Crippen molar-refractivity contribution in [3.8, 4) is 0 Å². The summed E-state index contributed by atoms with van der Waals surface area (Å²) in [6.45, 7) is 3.56. The first-order chi connectivity index (χ1) is 8.81. The lowest BCUT2D eigenvalue weighted by molar-refractivity contribution is 0.601. The van der Waals surface area contributed by atoms with Crippen LogP contribution in [0.3, 0.4) is 0 Å². The number of anilines is 2. The Balaban J connectivity index is 2.42. The highest BCUT2D eigenvalue weighted by atomic mass is 32.2. The van der Waals surface area contributed by atoms with Crippen LogP contribution in [0.1, 0.15) is 11.4 Å². The van der Waals surface area contributed by atoms with Crippen LogP contribution in [0.4, 0.5) is 11.4 Å². The Hall–Kier alpha value is -2.02. The SMILES string of the molecule is Cc1nn(C)c(C)c1NS(=O)(=O)c1cccc(N)c1. The number of nitrogens with two attached hydrogens (primary N) is 1. The van der Waals surface area contributed by atoms with E-state index < -0.39 is 10.0 Å². The van der Waals surface area contributed by atoms with Crippen molar-refractivity contribution in [2.24, 2.45) is 7.05 Å². The third kappa shape index (κ3) is 2.55. The van der Waals surface area contributed by atoms with Crippen LogP contribution in [0.5, 0.6) is 0 Å². The van der Waals surface area contributed by atoms with Crippen molar-refractivity contribution in [3.63, 3.8) is 0 Å². The Labute approximate surface area is 112 Å². The summed E-state index contributed by atoms with van der Waals surface area (Å²) in [7, 11) is -1.89. The lowest BCUT2D eigenvalue weighted by atomic mass is 10.3. The highest BCUT2D eigenvalue weighted by Crippen LogP contribution is 2.23. The van der Waals surface area contributed by atoms with Gasteiger partial charge in [-0.2, -0.15) is 5.10 Å². The van der Waals surface area contributed by atoms with Gasteiger partial charge in [-0.25, -0.2) is 8.42 Å². The molecule has 0 fully saturated rings. The van der Waals surface area contributed by atoms with E-state index in [0.717, 1.165) is 5.69 Å². The van der Waals surface area contributed by atoms with Crippen molar-refractivity contribution >= 4 is 21.4 Å². The number of aromatic nitrogens is 2. The molecular formula is C12H16N4O2S. The molecule has 0 aliphatic rings. The summed E-state index contributed by atoms with van der Waals surface area (Å²) in [6.07, 6.45) is 0. The van der Waals surface area contributed by atoms with Gasteiger partial charge in [-0.15, -0.1) is 0 Å². The third-order valence-corrected chi connectivity index (χ3v) is 4.26. The topological polar surface area (TPSA) is 90.0 Å². The number of nitrogen functional groups attached to an aromatic ring is 1. The zero-order chi connectivity index (χ0) is 14.2. The van der Waals surface area contributed by atoms with Gasteiger partial charge in [0, 0.05) is 12.7 Å². The first-order valence-electron chi connectivity index (χ1n) is 5.70. The van der Waals surface area contributed by atoms with Gasteiger partial charge in [0.05, 0.1) is 22.0 Å². The van der Waals surface area contributed by atoms with Crippen LogP contribution in [0.2, 0.25) is 0 Å². The van der Waals surface area contributed by atoms with Gasteiger partial charge >= 0.3 is 0 Å². The van der Waals surface area contributed by atoms with Gasteiger partial charge in [0.25, 0.3) is 10.0 Å². The molecule has 0 saturated heterocycles. The summed E-state index contributed by atoms with van der Waals surface area (Å²) in [4.78, 5) is 0.134. The zero-order valence-electron chi connectivity index (χ0n) is 11.0. The van der Waals surface area contributed by atoms with Crippen molar-refractivity contribution in [1.29, 1.82) is 0 Å². The molecule has 0 radical (unpaired) electrons. The van der Waals surface area contributed by atoms with Gasteiger partial charge in [0.2, 0.25) is 0 Å². The van der Waals surface area contributed by atoms with E-state index in [1.807, 2.05) is 0 Å². The second-order valence-electron chi connectivity index (χ2n) is 4.35. The van der Waals surface area contributed by atoms with Gasteiger partial charge in [-0.1, -0.05) is 6.07 Å². The summed E-state index contributed by atoms with van der Waals surface area (Å²) >= 11 is 0. The Kier molecular flexibility index (Phi) is 3.23. The molecule has 1 heterocycles. The number of hydrogen-bond acceptors (Lipinski definition) is 4. The van der Waals surface area contributed by atoms with Crippen molar-refractivity contribution in [3.05, 3.63) is 35.7 Å². The maximum absolute atomic E-state index is 12.3. The lowest BCUT2D eigenvalue weighted by Gasteiger charge is -2.08. The number of benzene rings is 1. The fraction of sp³-hybridized carbons (Fsp3) is 0.250. The predicted octanol–water partition coefficient (Wildman–Crippen LogP) is 1.42. The average Bonchev–Trinajstić information content (AvgIpc) is 2.56. The Morgan fingerprint density at radius 1 is 1.32 bits per heavy atom. The first kappa shape index (κ1) is 13.4. The molecule has 0 unspecified atom stereocenters. The molecule has 0 saturated carbocycles. The van der Waals surface area contributed by atoms with Gasteiger partial charge in [0.1, 0.15) is 0 Å². The molecule has 19 heavy (non-hydrogen) atoms. The predicted molar refractivity (Wildman–Crippen MR) is 74.3 cm³/mol. The molecule has 6 nitrogen and oxygen atoms in total. The monoisotopic (exact) mass is 280 g/mol. The molecule has 102 valence electrons. The Morgan fingerprint density at radius 2 is 2.00 bits per heavy atom. The van der Waals surface area contributed by atoms with E-state index in [1.165, 1.54) is 12.1 Å². The molecule has 0 spiro atoms. The van der Waals surface area contributed by atoms with E-state index in [0.29, 0.717) is 17.1 Å². The molecule has 3 N–H and O–H groups in total. The van der Waals surface area contributed by atoms with Gasteiger partial charge in [0.15, 0.2) is 0 Å². The molecular weight excluding hydrogens is 264 g/mol. The largest absolute Gasteiger partial charge is 0.399 e. The molecule has 0 bridgehead atoms. The first-order valence-corrected chi connectivity index (χ1v) is 7.18. The molecule has 0 atom stereocenters. The van der Waals surface area contributed by atoms with Gasteiger partial charge in [-0.05, 0) is 32.0 Å². The van der Waals surface area contributed by atoms with Crippen LogP contribution in [0.15, 0.2) is 29.2 Å². The van der Waals surface area contributed by atoms with Crippen LogP contribution in [-0.2, 0) is 17.1 Å². The van der Waals surface area contributed by atoms with Crippen molar-refractivity contribution in [2.75, 3.05) is 10.5 Å². The standard InChI is InChI=1S/C12H16N4O2S/c1-8-12(9(2)16(3)14-8)15-19(17,18)11-6-4-5-10(13)7-11/h4-7,15H,13H2,1-3H3. The van der Waals surface area contributed by atoms with Gasteiger partial charge < -0.3 is 5.73 Å². The summed E-state index contributed by atoms with van der Waals surface area (Å²) in [5.74, 6) is 0. The molecule has 0 amide bonds. The van der Waals surface area contributed by atoms with Crippen molar-refractivity contribution in [1.82, 2.24) is 9.78 Å². The van der Waals surface area contributed by atoms with E-state index in [1.54, 1.807) is 37.7 Å². The van der Waals surface area contributed by atoms with Crippen molar-refractivity contribution in [2.45, 2.75) is 18.7 Å². The summed E-state index contributed by atoms with van der Waals surface area (Å²) in [5, 5.41) is 4.17. The molecule has 0 aliphatic heterocycles. The van der Waals surface area contributed by atoms with E-state index in [9.17, 15) is 8.42 Å². The third-order valence-electron chi connectivity index (χ3n) is 2.91. The Bertz CT molecular complexity index is 719. The number of nitrogens with zero attached hydrogens (tertiary/aromatic N) is 2. The summed E-state index contributed by atoms with van der Waals surface area (Å²) < 4.78 is 28.7. The number of hydrogen-bond donors (Lipinski definition) is 2. The van der Waals surface area contributed by atoms with E-state index >= 15 is 0 Å². The molecule has 2 rings (SSSR count). The zero-order valence-corrected chi connectivity index (χ0v) is 11.8. The van der Waals surface area contributed by atoms with Crippen LogP contribution in [0.25, 0.3) is 0 Å². The van der Waals surface area contributed by atoms with Crippen LogP contribution < -0.4 is 10.5 Å². The molecule has 0 aliphatic carbocycles.